The van der Waals surface area contributed by atoms with Crippen molar-refractivity contribution in [1.82, 2.24) is 0 Å². The summed E-state index contributed by atoms with van der Waals surface area (Å²) in [5, 5.41) is 10.9. The highest BCUT2D eigenvalue weighted by atomic mass is 16.3. The molecule has 2 aromatic rings. The van der Waals surface area contributed by atoms with Gasteiger partial charge in [-0.3, -0.25) is 0 Å². The Morgan fingerprint density at radius 2 is 1.31 bits per heavy atom. The van der Waals surface area contributed by atoms with E-state index in [1.54, 1.807) is 24.3 Å². The molecule has 0 aromatic heterocycles. The molecule has 0 aliphatic rings. The number of azo groups is 1. The van der Waals surface area contributed by atoms with Crippen molar-refractivity contribution >= 4 is 17.1 Å². The lowest BCUT2D eigenvalue weighted by Crippen LogP contribution is -1.66. The lowest BCUT2D eigenvalue weighted by Gasteiger charge is -1.94. The highest BCUT2D eigenvalue weighted by molar-refractivity contribution is 5.60. The van der Waals surface area contributed by atoms with Crippen LogP contribution in [0.4, 0.5) is 17.1 Å². The van der Waals surface area contributed by atoms with E-state index in [1.807, 2.05) is 30.3 Å². The van der Waals surface area contributed by atoms with Gasteiger partial charge in [-0.1, -0.05) is 30.3 Å². The predicted octanol–water partition coefficient (Wildman–Crippen LogP) is 4.50. The van der Waals surface area contributed by atoms with E-state index in [1.165, 1.54) is 0 Å². The Morgan fingerprint density at radius 1 is 0.688 bits per heavy atom. The molecule has 0 fully saturated rings. The molecule has 0 aliphatic carbocycles. The molecule has 0 saturated heterocycles. The van der Waals surface area contributed by atoms with Crippen LogP contribution < -0.4 is 0 Å². The van der Waals surface area contributed by atoms with Crippen molar-refractivity contribution in [1.29, 1.82) is 0 Å². The van der Waals surface area contributed by atoms with Crippen molar-refractivity contribution < 1.29 is 0 Å². The summed E-state index contributed by atoms with van der Waals surface area (Å²) >= 11 is 0. The van der Waals surface area contributed by atoms with Gasteiger partial charge < -0.3 is 0 Å². The Hall–Kier alpha value is -2.36. The highest BCUT2D eigenvalue weighted by Crippen LogP contribution is 2.28. The molecule has 0 heterocycles. The molecule has 0 spiro atoms. The van der Waals surface area contributed by atoms with Crippen molar-refractivity contribution in [3.8, 4) is 0 Å². The van der Waals surface area contributed by atoms with Crippen LogP contribution >= 0.6 is 0 Å². The minimum absolute atomic E-state index is 0.294. The van der Waals surface area contributed by atoms with Crippen molar-refractivity contribution in [2.75, 3.05) is 0 Å². The van der Waals surface area contributed by atoms with Crippen LogP contribution in [0.15, 0.2) is 70.0 Å². The second kappa shape index (κ2) is 4.93. The SMILES string of the molecule is O=Nc1ccccc1N=Nc1ccccc1. The summed E-state index contributed by atoms with van der Waals surface area (Å²) in [6.07, 6.45) is 0. The van der Waals surface area contributed by atoms with Crippen molar-refractivity contribution in [3.63, 3.8) is 0 Å². The Kier molecular flexibility index (Phi) is 3.13. The molecule has 0 saturated carbocycles. The molecule has 2 aromatic carbocycles. The van der Waals surface area contributed by atoms with Gasteiger partial charge in [-0.15, -0.1) is 10.0 Å². The predicted molar refractivity (Wildman–Crippen MR) is 62.5 cm³/mol. The number of nitrogens with zero attached hydrogens (tertiary/aromatic N) is 3. The standard InChI is InChI=1S/C12H9N3O/c16-15-12-9-5-4-8-11(12)14-13-10-6-2-1-3-7-10/h1-9H. The minimum Gasteiger partial charge on any atom is -0.150 e. The second-order valence-electron chi connectivity index (χ2n) is 3.12. The summed E-state index contributed by atoms with van der Waals surface area (Å²) in [5.74, 6) is 0. The van der Waals surface area contributed by atoms with Crippen molar-refractivity contribution in [2.24, 2.45) is 15.4 Å². The largest absolute Gasteiger partial charge is 0.150 e. The van der Waals surface area contributed by atoms with Crippen LogP contribution in [-0.2, 0) is 0 Å². The van der Waals surface area contributed by atoms with Crippen LogP contribution in [0.25, 0.3) is 0 Å². The number of hydrogen-bond donors (Lipinski definition) is 0. The van der Waals surface area contributed by atoms with Crippen LogP contribution in [-0.4, -0.2) is 0 Å². The molecular formula is C12H9N3O. The molecule has 0 radical (unpaired) electrons. The van der Waals surface area contributed by atoms with Gasteiger partial charge in [0.1, 0.15) is 11.4 Å². The zero-order valence-electron chi connectivity index (χ0n) is 8.45. The van der Waals surface area contributed by atoms with E-state index in [9.17, 15) is 4.91 Å². The smallest absolute Gasteiger partial charge is 0.135 e. The quantitative estimate of drug-likeness (QED) is 0.544. The van der Waals surface area contributed by atoms with Gasteiger partial charge in [0, 0.05) is 0 Å². The van der Waals surface area contributed by atoms with Gasteiger partial charge in [0.15, 0.2) is 0 Å². The zero-order valence-corrected chi connectivity index (χ0v) is 8.45. The van der Waals surface area contributed by atoms with Gasteiger partial charge in [0.05, 0.1) is 5.69 Å². The normalized spacial score (nSPS) is 10.5. The Bertz CT molecular complexity index is 509. The van der Waals surface area contributed by atoms with Gasteiger partial charge >= 0.3 is 0 Å². The topological polar surface area (TPSA) is 54.1 Å². The molecule has 0 atom stereocenters. The number of benzene rings is 2. The van der Waals surface area contributed by atoms with Gasteiger partial charge in [0.25, 0.3) is 0 Å². The van der Waals surface area contributed by atoms with Crippen LogP contribution in [0, 0.1) is 4.91 Å². The highest BCUT2D eigenvalue weighted by Gasteiger charge is 1.98. The molecular weight excluding hydrogens is 202 g/mol. The summed E-state index contributed by atoms with van der Waals surface area (Å²) in [6.45, 7) is 0. The number of nitroso groups, excluding NO2 is 1. The molecule has 0 aliphatic heterocycles. The molecule has 0 amide bonds. The van der Waals surface area contributed by atoms with E-state index in [0.29, 0.717) is 11.4 Å². The lowest BCUT2D eigenvalue weighted by molar-refractivity contribution is 1.22. The van der Waals surface area contributed by atoms with Crippen LogP contribution in [0.2, 0.25) is 0 Å². The summed E-state index contributed by atoms with van der Waals surface area (Å²) in [5.41, 5.74) is 1.51. The molecule has 2 rings (SSSR count). The van der Waals surface area contributed by atoms with E-state index in [0.717, 1.165) is 5.69 Å². The molecule has 16 heavy (non-hydrogen) atoms. The monoisotopic (exact) mass is 211 g/mol. The number of hydrogen-bond acceptors (Lipinski definition) is 4. The third-order valence-corrected chi connectivity index (χ3v) is 2.01. The van der Waals surface area contributed by atoms with Gasteiger partial charge in [-0.05, 0) is 29.4 Å². The molecule has 78 valence electrons. The number of rotatable bonds is 3. The van der Waals surface area contributed by atoms with E-state index in [4.69, 9.17) is 0 Å². The third kappa shape index (κ3) is 2.36. The van der Waals surface area contributed by atoms with Crippen molar-refractivity contribution in [3.05, 3.63) is 59.5 Å². The third-order valence-electron chi connectivity index (χ3n) is 2.01. The van der Waals surface area contributed by atoms with Crippen LogP contribution in [0.1, 0.15) is 0 Å². The Balaban J connectivity index is 2.27. The fourth-order valence-corrected chi connectivity index (χ4v) is 1.23. The fraction of sp³-hybridized carbons (Fsp3) is 0. The second-order valence-corrected chi connectivity index (χ2v) is 3.12. The Morgan fingerprint density at radius 3 is 2.00 bits per heavy atom. The molecule has 4 heteroatoms. The first kappa shape index (κ1) is 10.2. The first-order valence-corrected chi connectivity index (χ1v) is 4.79. The maximum absolute atomic E-state index is 10.5. The fourth-order valence-electron chi connectivity index (χ4n) is 1.23. The molecule has 0 N–H and O–H groups in total. The Labute approximate surface area is 92.6 Å². The maximum Gasteiger partial charge on any atom is 0.135 e. The summed E-state index contributed by atoms with van der Waals surface area (Å²) in [6, 6.07) is 16.1. The first-order chi connectivity index (χ1) is 7.90. The zero-order chi connectivity index (χ0) is 11.2. The maximum atomic E-state index is 10.5. The van der Waals surface area contributed by atoms with E-state index < -0.39 is 0 Å². The van der Waals surface area contributed by atoms with E-state index in [-0.39, 0.29) is 0 Å². The van der Waals surface area contributed by atoms with E-state index >= 15 is 0 Å². The van der Waals surface area contributed by atoms with Crippen LogP contribution in [0.5, 0.6) is 0 Å². The molecule has 0 unspecified atom stereocenters. The van der Waals surface area contributed by atoms with Crippen molar-refractivity contribution in [2.45, 2.75) is 0 Å². The average Bonchev–Trinajstić information content (AvgIpc) is 2.38. The van der Waals surface area contributed by atoms with Gasteiger partial charge in [0.2, 0.25) is 0 Å². The van der Waals surface area contributed by atoms with E-state index in [2.05, 4.69) is 15.4 Å². The summed E-state index contributed by atoms with van der Waals surface area (Å²) in [4.78, 5) is 10.5. The first-order valence-electron chi connectivity index (χ1n) is 4.79. The van der Waals surface area contributed by atoms with Crippen LogP contribution in [0.3, 0.4) is 0 Å². The van der Waals surface area contributed by atoms with Gasteiger partial charge in [-0.2, -0.15) is 5.11 Å². The summed E-state index contributed by atoms with van der Waals surface area (Å²) < 4.78 is 0. The minimum atomic E-state index is 0.294. The molecule has 0 bridgehead atoms. The average molecular weight is 211 g/mol. The summed E-state index contributed by atoms with van der Waals surface area (Å²) in [7, 11) is 0. The molecule has 4 nitrogen and oxygen atoms in total. The lowest BCUT2D eigenvalue weighted by atomic mass is 10.3. The van der Waals surface area contributed by atoms with Gasteiger partial charge in [-0.25, -0.2) is 0 Å².